The summed E-state index contributed by atoms with van der Waals surface area (Å²) in [6.07, 6.45) is 0. The lowest BCUT2D eigenvalue weighted by molar-refractivity contribution is 1.51. The quantitative estimate of drug-likeness (QED) is 0.379. The maximum Gasteiger partial charge on any atom is 0.150 e. The van der Waals surface area contributed by atoms with E-state index in [1.54, 1.807) is 0 Å². The van der Waals surface area contributed by atoms with Crippen LogP contribution >= 0.6 is 85.8 Å². The molecule has 0 unspecified atom stereocenters. The van der Waals surface area contributed by atoms with Gasteiger partial charge in [0.15, 0.2) is 2.74 Å². The Bertz CT molecular complexity index is 107. The molecule has 86 valence electrons. The molecule has 0 bridgehead atoms. The molecule has 0 aliphatic rings. The molecule has 0 aliphatic carbocycles. The number of thioether (sulfide) groups is 3. The molecule has 0 heterocycles. The fourth-order valence-electron chi connectivity index (χ4n) is 0.649. The Hall–Kier alpha value is 2.45. The Morgan fingerprint density at radius 1 is 0.714 bits per heavy atom. The van der Waals surface area contributed by atoms with E-state index in [1.165, 1.54) is 0 Å². The van der Waals surface area contributed by atoms with E-state index in [1.807, 2.05) is 35.3 Å². The third-order valence-electron chi connectivity index (χ3n) is 1.13. The van der Waals surface area contributed by atoms with E-state index in [0.717, 1.165) is 34.5 Å². The first-order chi connectivity index (χ1) is 6.68. The molecule has 0 aromatic heterocycles. The maximum atomic E-state index is 4.71. The second kappa shape index (κ2) is 10.6. The molecule has 0 spiro atoms. The molecule has 0 aromatic carbocycles. The van der Waals surface area contributed by atoms with Crippen molar-refractivity contribution in [1.29, 1.82) is 0 Å². The van der Waals surface area contributed by atoms with Crippen molar-refractivity contribution >= 4 is 85.8 Å². The molecule has 0 nitrogen and oxygen atoms in total. The monoisotopic (exact) mass is 324 g/mol. The molecule has 0 rings (SSSR count). The van der Waals surface area contributed by atoms with Crippen LogP contribution in [0.1, 0.15) is 0 Å². The van der Waals surface area contributed by atoms with Crippen LogP contribution in [0.3, 0.4) is 0 Å². The van der Waals surface area contributed by atoms with Gasteiger partial charge in [0, 0.05) is 17.3 Å². The van der Waals surface area contributed by atoms with Crippen molar-refractivity contribution in [3.05, 3.63) is 0 Å². The lowest BCUT2D eigenvalue weighted by atomic mass is 11.0. The molecule has 0 saturated carbocycles. The lowest BCUT2D eigenvalue weighted by Crippen LogP contribution is -2.10. The summed E-state index contributed by atoms with van der Waals surface area (Å²) >= 11 is 22.9. The summed E-state index contributed by atoms with van der Waals surface area (Å²) in [5.74, 6) is 5.80. The maximum absolute atomic E-state index is 4.71. The van der Waals surface area contributed by atoms with E-state index in [9.17, 15) is 0 Å². The van der Waals surface area contributed by atoms with E-state index in [0.29, 0.717) is 0 Å². The minimum absolute atomic E-state index is 0.0474. The largest absolute Gasteiger partial charge is 0.179 e. The zero-order chi connectivity index (χ0) is 10.9. The lowest BCUT2D eigenvalue weighted by Gasteiger charge is -2.26. The minimum atomic E-state index is -0.0474. The van der Waals surface area contributed by atoms with Crippen molar-refractivity contribution in [2.45, 2.75) is 2.74 Å². The van der Waals surface area contributed by atoms with Gasteiger partial charge in [0.2, 0.25) is 0 Å². The van der Waals surface area contributed by atoms with Gasteiger partial charge in [-0.3, -0.25) is 0 Å². The van der Waals surface area contributed by atoms with Crippen LogP contribution in [-0.4, -0.2) is 37.3 Å². The Morgan fingerprint density at radius 3 is 1.21 bits per heavy atom. The standard InChI is InChI=1S/C7H16S7/c8-1-4-12-7(11,13-5-2-9)14-6-3-10/h8-11H,1-6H2. The second-order valence-corrected chi connectivity index (χ2v) is 9.86. The molecular formula is C7H16S7. The van der Waals surface area contributed by atoms with Gasteiger partial charge in [-0.25, -0.2) is 0 Å². The number of hydrogen-bond acceptors (Lipinski definition) is 7. The van der Waals surface area contributed by atoms with Crippen LogP contribution in [0.15, 0.2) is 0 Å². The van der Waals surface area contributed by atoms with E-state index in [4.69, 9.17) is 12.6 Å². The SMILES string of the molecule is SCCSC(S)(SCCS)SCCS. The highest BCUT2D eigenvalue weighted by molar-refractivity contribution is 8.44. The van der Waals surface area contributed by atoms with Crippen LogP contribution in [-0.2, 0) is 0 Å². The van der Waals surface area contributed by atoms with Gasteiger partial charge in [-0.05, 0) is 17.3 Å². The number of rotatable bonds is 9. The van der Waals surface area contributed by atoms with E-state index >= 15 is 0 Å². The summed E-state index contributed by atoms with van der Waals surface area (Å²) in [5, 5.41) is 0. The van der Waals surface area contributed by atoms with E-state index < -0.39 is 0 Å². The average molecular weight is 325 g/mol. The summed E-state index contributed by atoms with van der Waals surface area (Å²) in [5.41, 5.74) is 0. The predicted octanol–water partition coefficient (Wildman–Crippen LogP) is 3.52. The van der Waals surface area contributed by atoms with E-state index in [-0.39, 0.29) is 2.74 Å². The number of hydrogen-bond donors (Lipinski definition) is 4. The van der Waals surface area contributed by atoms with Gasteiger partial charge in [0.25, 0.3) is 0 Å². The molecule has 0 N–H and O–H groups in total. The van der Waals surface area contributed by atoms with Crippen molar-refractivity contribution in [3.8, 4) is 0 Å². The summed E-state index contributed by atoms with van der Waals surface area (Å²) < 4.78 is -0.0474. The Balaban J connectivity index is 3.89. The number of thiol groups is 4. The highest BCUT2D eigenvalue weighted by Gasteiger charge is 2.26. The zero-order valence-corrected chi connectivity index (χ0v) is 13.8. The van der Waals surface area contributed by atoms with Gasteiger partial charge in [-0.1, -0.05) is 0 Å². The van der Waals surface area contributed by atoms with Crippen molar-refractivity contribution in [3.63, 3.8) is 0 Å². The zero-order valence-electron chi connectivity index (χ0n) is 7.76. The van der Waals surface area contributed by atoms with Crippen molar-refractivity contribution < 1.29 is 0 Å². The third kappa shape index (κ3) is 8.58. The van der Waals surface area contributed by atoms with Gasteiger partial charge < -0.3 is 0 Å². The molecule has 0 radical (unpaired) electrons. The van der Waals surface area contributed by atoms with Gasteiger partial charge in [0.05, 0.1) is 0 Å². The summed E-state index contributed by atoms with van der Waals surface area (Å²) in [4.78, 5) is 0. The molecule has 0 fully saturated rings. The van der Waals surface area contributed by atoms with Crippen LogP contribution in [0.4, 0.5) is 0 Å². The van der Waals surface area contributed by atoms with Crippen LogP contribution < -0.4 is 0 Å². The fraction of sp³-hybridized carbons (Fsp3) is 1.00. The first-order valence-corrected chi connectivity index (χ1v) is 9.45. The fourth-order valence-corrected chi connectivity index (χ4v) is 5.84. The molecular weight excluding hydrogens is 309 g/mol. The van der Waals surface area contributed by atoms with Crippen LogP contribution in [0, 0.1) is 0 Å². The van der Waals surface area contributed by atoms with E-state index in [2.05, 4.69) is 37.9 Å². The van der Waals surface area contributed by atoms with Crippen molar-refractivity contribution in [2.75, 3.05) is 34.5 Å². The normalized spacial score (nSPS) is 12.0. The van der Waals surface area contributed by atoms with Crippen LogP contribution in [0.2, 0.25) is 0 Å². The minimum Gasteiger partial charge on any atom is -0.179 e. The molecule has 7 heteroatoms. The molecule has 0 atom stereocenters. The molecule has 0 aromatic rings. The second-order valence-electron chi connectivity index (χ2n) is 2.24. The molecule has 0 aliphatic heterocycles. The highest BCUT2D eigenvalue weighted by atomic mass is 32.3. The Labute approximate surface area is 122 Å². The Morgan fingerprint density at radius 2 is 1.00 bits per heavy atom. The summed E-state index contributed by atoms with van der Waals surface area (Å²) in [6, 6.07) is 0. The van der Waals surface area contributed by atoms with Gasteiger partial charge in [-0.15, -0.1) is 47.9 Å². The predicted molar refractivity (Wildman–Crippen MR) is 90.7 cm³/mol. The van der Waals surface area contributed by atoms with Crippen LogP contribution in [0.5, 0.6) is 0 Å². The first kappa shape index (κ1) is 16.4. The third-order valence-corrected chi connectivity index (χ3v) is 8.31. The first-order valence-electron chi connectivity index (χ1n) is 4.15. The highest BCUT2D eigenvalue weighted by Crippen LogP contribution is 2.50. The summed E-state index contributed by atoms with van der Waals surface area (Å²) in [7, 11) is 0. The molecule has 14 heavy (non-hydrogen) atoms. The smallest absolute Gasteiger partial charge is 0.150 e. The van der Waals surface area contributed by atoms with Gasteiger partial charge in [-0.2, -0.15) is 37.9 Å². The Kier molecular flexibility index (Phi) is 12.4. The van der Waals surface area contributed by atoms with Gasteiger partial charge in [0.1, 0.15) is 0 Å². The van der Waals surface area contributed by atoms with Crippen molar-refractivity contribution in [1.82, 2.24) is 0 Å². The molecule has 0 amide bonds. The van der Waals surface area contributed by atoms with Gasteiger partial charge >= 0.3 is 0 Å². The summed E-state index contributed by atoms with van der Waals surface area (Å²) in [6.45, 7) is 0. The molecule has 0 saturated heterocycles. The van der Waals surface area contributed by atoms with Crippen molar-refractivity contribution in [2.24, 2.45) is 0 Å². The van der Waals surface area contributed by atoms with Crippen LogP contribution in [0.25, 0.3) is 0 Å². The average Bonchev–Trinajstić information content (AvgIpc) is 2.21. The topological polar surface area (TPSA) is 0 Å².